The zero-order valence-corrected chi connectivity index (χ0v) is 12.2. The van der Waals surface area contributed by atoms with Crippen LogP contribution in [0.4, 0.5) is 4.79 Å². The summed E-state index contributed by atoms with van der Waals surface area (Å²) < 4.78 is 0. The lowest BCUT2D eigenvalue weighted by atomic mass is 9.85. The maximum absolute atomic E-state index is 11.7. The van der Waals surface area contributed by atoms with Crippen molar-refractivity contribution < 1.29 is 19.5 Å². The molecule has 20 heavy (non-hydrogen) atoms. The van der Waals surface area contributed by atoms with Gasteiger partial charge in [0.15, 0.2) is 0 Å². The molecule has 3 N–H and O–H groups in total. The number of carboxylic acids is 1. The maximum Gasteiger partial charge on any atom is 0.321 e. The van der Waals surface area contributed by atoms with E-state index in [2.05, 4.69) is 16.6 Å². The summed E-state index contributed by atoms with van der Waals surface area (Å²) in [6.07, 6.45) is 6.04. The molecule has 0 aromatic rings. The zero-order chi connectivity index (χ0) is 15.8. The molecular weight excluding hydrogens is 260 g/mol. The van der Waals surface area contributed by atoms with Gasteiger partial charge in [-0.25, -0.2) is 4.79 Å². The highest BCUT2D eigenvalue weighted by atomic mass is 16.4. The minimum absolute atomic E-state index is 0.0430. The Hall–Kier alpha value is -2.03. The number of hydrogen-bond donors (Lipinski definition) is 3. The van der Waals surface area contributed by atoms with E-state index in [0.717, 1.165) is 0 Å². The Bertz CT molecular complexity index is 410. The average molecular weight is 282 g/mol. The Kier molecular flexibility index (Phi) is 7.37. The Morgan fingerprint density at radius 3 is 2.35 bits per heavy atom. The quantitative estimate of drug-likeness (QED) is 0.617. The van der Waals surface area contributed by atoms with Gasteiger partial charge in [0, 0.05) is 18.9 Å². The summed E-state index contributed by atoms with van der Waals surface area (Å²) >= 11 is 0. The summed E-state index contributed by atoms with van der Waals surface area (Å²) in [5.74, 6) is 0.955. The number of terminal acetylenes is 1. The lowest BCUT2D eigenvalue weighted by Crippen LogP contribution is -2.45. The molecular formula is C14H22N2O4. The van der Waals surface area contributed by atoms with Crippen molar-refractivity contribution >= 4 is 17.9 Å². The second kappa shape index (κ2) is 8.20. The number of carbonyl (C=O) groups is 3. The third-order valence-corrected chi connectivity index (χ3v) is 2.71. The summed E-state index contributed by atoms with van der Waals surface area (Å²) in [5.41, 5.74) is -0.709. The second-order valence-electron chi connectivity index (χ2n) is 5.45. The molecule has 0 aromatic carbocycles. The number of urea groups is 1. The summed E-state index contributed by atoms with van der Waals surface area (Å²) in [4.78, 5) is 33.9. The van der Waals surface area contributed by atoms with Gasteiger partial charge < -0.3 is 10.4 Å². The summed E-state index contributed by atoms with van der Waals surface area (Å²) in [6.45, 7) is 5.19. The van der Waals surface area contributed by atoms with Gasteiger partial charge in [0.2, 0.25) is 5.91 Å². The molecule has 0 spiro atoms. The normalized spacial score (nSPS) is 12.1. The molecule has 0 aliphatic carbocycles. The first-order valence-electron chi connectivity index (χ1n) is 6.45. The largest absolute Gasteiger partial charge is 0.481 e. The molecule has 0 saturated carbocycles. The van der Waals surface area contributed by atoms with Gasteiger partial charge >= 0.3 is 12.0 Å². The highest BCUT2D eigenvalue weighted by Gasteiger charge is 2.26. The first-order chi connectivity index (χ1) is 9.20. The lowest BCUT2D eigenvalue weighted by molar-refractivity contribution is -0.139. The van der Waals surface area contributed by atoms with E-state index < -0.39 is 23.3 Å². The molecule has 0 fully saturated rings. The maximum atomic E-state index is 11.7. The lowest BCUT2D eigenvalue weighted by Gasteiger charge is -2.21. The Balaban J connectivity index is 4.30. The summed E-state index contributed by atoms with van der Waals surface area (Å²) in [5, 5.41) is 13.5. The van der Waals surface area contributed by atoms with Crippen molar-refractivity contribution in [3.63, 3.8) is 0 Å². The molecule has 112 valence electrons. The van der Waals surface area contributed by atoms with E-state index >= 15 is 0 Å². The van der Waals surface area contributed by atoms with Crippen LogP contribution >= 0.6 is 0 Å². The standard InChI is InChI=1S/C14H22N2O4/c1-5-7-10(6-2)15-13(20)16-11(17)8-14(3,4)9-12(18)19/h1,10H,6-9H2,2-4H3,(H,18,19)(H2,15,16,17,20). The van der Waals surface area contributed by atoms with E-state index in [4.69, 9.17) is 11.5 Å². The SMILES string of the molecule is C#CCC(CC)NC(=O)NC(=O)CC(C)(C)CC(=O)O. The van der Waals surface area contributed by atoms with Gasteiger partial charge in [-0.05, 0) is 11.8 Å². The van der Waals surface area contributed by atoms with Gasteiger partial charge in [0.05, 0.1) is 6.42 Å². The smallest absolute Gasteiger partial charge is 0.321 e. The molecule has 1 unspecified atom stereocenters. The van der Waals surface area contributed by atoms with E-state index in [1.807, 2.05) is 6.92 Å². The molecule has 0 saturated heterocycles. The van der Waals surface area contributed by atoms with Crippen LogP contribution < -0.4 is 10.6 Å². The fourth-order valence-corrected chi connectivity index (χ4v) is 1.74. The zero-order valence-electron chi connectivity index (χ0n) is 12.2. The highest BCUT2D eigenvalue weighted by Crippen LogP contribution is 2.24. The van der Waals surface area contributed by atoms with Gasteiger partial charge in [-0.1, -0.05) is 20.8 Å². The molecule has 0 aliphatic heterocycles. The number of rotatable bonds is 7. The Labute approximate surface area is 119 Å². The van der Waals surface area contributed by atoms with Gasteiger partial charge in [0.1, 0.15) is 0 Å². The predicted octanol–water partition coefficient (Wildman–Crippen LogP) is 1.51. The topological polar surface area (TPSA) is 95.5 Å². The van der Waals surface area contributed by atoms with Crippen LogP contribution in [0.3, 0.4) is 0 Å². The molecule has 6 nitrogen and oxygen atoms in total. The van der Waals surface area contributed by atoms with Crippen molar-refractivity contribution in [3.05, 3.63) is 0 Å². The van der Waals surface area contributed by atoms with Crippen molar-refractivity contribution in [3.8, 4) is 12.3 Å². The van der Waals surface area contributed by atoms with Crippen LogP contribution in [0.1, 0.15) is 46.5 Å². The minimum atomic E-state index is -0.979. The number of imide groups is 1. The summed E-state index contributed by atoms with van der Waals surface area (Å²) in [7, 11) is 0. The molecule has 0 rings (SSSR count). The monoisotopic (exact) mass is 282 g/mol. The highest BCUT2D eigenvalue weighted by molar-refractivity contribution is 5.94. The number of carboxylic acid groups (broad SMARTS) is 1. The van der Waals surface area contributed by atoms with Gasteiger partial charge in [-0.15, -0.1) is 12.3 Å². The van der Waals surface area contributed by atoms with Crippen LogP contribution in [-0.2, 0) is 9.59 Å². The van der Waals surface area contributed by atoms with E-state index in [-0.39, 0.29) is 18.9 Å². The van der Waals surface area contributed by atoms with Crippen molar-refractivity contribution in [2.24, 2.45) is 5.41 Å². The number of nitrogens with one attached hydrogen (secondary N) is 2. The van der Waals surface area contributed by atoms with Crippen molar-refractivity contribution in [2.45, 2.75) is 52.5 Å². The fourth-order valence-electron chi connectivity index (χ4n) is 1.74. The van der Waals surface area contributed by atoms with E-state index in [1.165, 1.54) is 0 Å². The fraction of sp³-hybridized carbons (Fsp3) is 0.643. The predicted molar refractivity (Wildman–Crippen MR) is 74.9 cm³/mol. The third-order valence-electron chi connectivity index (χ3n) is 2.71. The van der Waals surface area contributed by atoms with E-state index in [9.17, 15) is 14.4 Å². The molecule has 6 heteroatoms. The van der Waals surface area contributed by atoms with Crippen LogP contribution in [0.15, 0.2) is 0 Å². The van der Waals surface area contributed by atoms with Gasteiger partial charge in [-0.3, -0.25) is 14.9 Å². The van der Waals surface area contributed by atoms with E-state index in [0.29, 0.717) is 12.8 Å². The number of carbonyl (C=O) groups excluding carboxylic acids is 2. The first kappa shape index (κ1) is 18.0. The van der Waals surface area contributed by atoms with Crippen LogP contribution in [-0.4, -0.2) is 29.1 Å². The molecule has 3 amide bonds. The number of amides is 3. The molecule has 1 atom stereocenters. The molecule has 0 aliphatic rings. The van der Waals surface area contributed by atoms with Crippen LogP contribution in [0.25, 0.3) is 0 Å². The van der Waals surface area contributed by atoms with Crippen molar-refractivity contribution in [1.82, 2.24) is 10.6 Å². The molecule has 0 aromatic heterocycles. The average Bonchev–Trinajstić information content (AvgIpc) is 2.24. The number of aliphatic carboxylic acids is 1. The Morgan fingerprint density at radius 1 is 1.30 bits per heavy atom. The number of hydrogen-bond acceptors (Lipinski definition) is 3. The summed E-state index contributed by atoms with van der Waals surface area (Å²) in [6, 6.07) is -0.789. The van der Waals surface area contributed by atoms with Crippen molar-refractivity contribution in [1.29, 1.82) is 0 Å². The second-order valence-corrected chi connectivity index (χ2v) is 5.45. The van der Waals surface area contributed by atoms with Crippen LogP contribution in [0.5, 0.6) is 0 Å². The van der Waals surface area contributed by atoms with Crippen LogP contribution in [0.2, 0.25) is 0 Å². The minimum Gasteiger partial charge on any atom is -0.481 e. The van der Waals surface area contributed by atoms with Gasteiger partial charge in [-0.2, -0.15) is 0 Å². The first-order valence-corrected chi connectivity index (χ1v) is 6.45. The van der Waals surface area contributed by atoms with Crippen LogP contribution in [0, 0.1) is 17.8 Å². The molecule has 0 bridgehead atoms. The molecule has 0 radical (unpaired) electrons. The third kappa shape index (κ3) is 8.14. The van der Waals surface area contributed by atoms with Crippen molar-refractivity contribution in [2.75, 3.05) is 0 Å². The Morgan fingerprint density at radius 2 is 1.90 bits per heavy atom. The van der Waals surface area contributed by atoms with Gasteiger partial charge in [0.25, 0.3) is 0 Å². The molecule has 0 heterocycles. The van der Waals surface area contributed by atoms with E-state index in [1.54, 1.807) is 13.8 Å².